The summed E-state index contributed by atoms with van der Waals surface area (Å²) in [5.41, 5.74) is 2.87. The first-order valence-electron chi connectivity index (χ1n) is 11.2. The van der Waals surface area contributed by atoms with Gasteiger partial charge in [0, 0.05) is 22.9 Å². The molecule has 4 rings (SSSR count). The van der Waals surface area contributed by atoms with E-state index in [-0.39, 0.29) is 17.9 Å². The second-order valence-corrected chi connectivity index (χ2v) is 9.83. The molecular weight excluding hydrogens is 404 g/mol. The summed E-state index contributed by atoms with van der Waals surface area (Å²) in [5, 5.41) is 6.74. The van der Waals surface area contributed by atoms with E-state index in [1.165, 1.54) is 18.4 Å². The Labute approximate surface area is 188 Å². The Morgan fingerprint density at radius 2 is 1.87 bits per heavy atom. The highest BCUT2D eigenvalue weighted by Crippen LogP contribution is 2.37. The van der Waals surface area contributed by atoms with Crippen molar-refractivity contribution in [3.05, 3.63) is 76.2 Å². The lowest BCUT2D eigenvalue weighted by Gasteiger charge is -2.36. The predicted octanol–water partition coefficient (Wildman–Crippen LogP) is 4.95. The van der Waals surface area contributed by atoms with E-state index in [9.17, 15) is 9.59 Å². The van der Waals surface area contributed by atoms with Crippen LogP contribution in [0.2, 0.25) is 0 Å². The number of rotatable bonds is 6. The maximum atomic E-state index is 12.6. The zero-order valence-corrected chi connectivity index (χ0v) is 18.8. The number of nitrogens with one attached hydrogen (secondary N) is 2. The molecule has 2 aliphatic rings. The minimum absolute atomic E-state index is 0.0298. The molecule has 1 saturated carbocycles. The molecule has 1 aliphatic carbocycles. The van der Waals surface area contributed by atoms with Gasteiger partial charge in [-0.2, -0.15) is 0 Å². The average molecular weight is 435 g/mol. The summed E-state index contributed by atoms with van der Waals surface area (Å²) < 4.78 is 0. The zero-order chi connectivity index (χ0) is 21.6. The van der Waals surface area contributed by atoms with E-state index < -0.39 is 0 Å². The monoisotopic (exact) mass is 434 g/mol. The first kappa shape index (κ1) is 21.7. The minimum Gasteiger partial charge on any atom is -0.350 e. The highest BCUT2D eigenvalue weighted by atomic mass is 32.2. The van der Waals surface area contributed by atoms with Gasteiger partial charge in [0.2, 0.25) is 0 Å². The van der Waals surface area contributed by atoms with Crippen LogP contribution >= 0.6 is 11.8 Å². The van der Waals surface area contributed by atoms with Gasteiger partial charge in [0.15, 0.2) is 0 Å². The first-order valence-corrected chi connectivity index (χ1v) is 12.1. The molecule has 0 bridgehead atoms. The number of aryl methyl sites for hydroxylation is 1. The van der Waals surface area contributed by atoms with Gasteiger partial charge in [-0.05, 0) is 61.9 Å². The number of amides is 2. The molecule has 1 saturated heterocycles. The molecule has 162 valence electrons. The number of carbonyl (C=O) groups excluding carboxylic acids is 2. The lowest BCUT2D eigenvalue weighted by Crippen LogP contribution is -2.48. The van der Waals surface area contributed by atoms with Crippen LogP contribution < -0.4 is 10.6 Å². The van der Waals surface area contributed by atoms with E-state index in [4.69, 9.17) is 0 Å². The van der Waals surface area contributed by atoms with Crippen LogP contribution in [0.1, 0.15) is 60.5 Å². The van der Waals surface area contributed by atoms with E-state index in [1.54, 1.807) is 11.8 Å². The van der Waals surface area contributed by atoms with Gasteiger partial charge >= 0.3 is 0 Å². The third-order valence-electron chi connectivity index (χ3n) is 6.08. The van der Waals surface area contributed by atoms with Crippen LogP contribution in [0.25, 0.3) is 6.08 Å². The van der Waals surface area contributed by atoms with Crippen molar-refractivity contribution in [1.29, 1.82) is 0 Å². The summed E-state index contributed by atoms with van der Waals surface area (Å²) >= 11 is 1.71. The van der Waals surface area contributed by atoms with Gasteiger partial charge in [0.25, 0.3) is 11.8 Å². The number of hydrogen-bond acceptors (Lipinski definition) is 3. The van der Waals surface area contributed by atoms with Gasteiger partial charge in [-0.15, -0.1) is 11.8 Å². The normalized spacial score (nSPS) is 23.0. The second-order valence-electron chi connectivity index (χ2n) is 8.55. The van der Waals surface area contributed by atoms with Crippen LogP contribution in [-0.4, -0.2) is 29.1 Å². The zero-order valence-electron chi connectivity index (χ0n) is 18.0. The Morgan fingerprint density at radius 3 is 2.65 bits per heavy atom. The predicted molar refractivity (Wildman–Crippen MR) is 128 cm³/mol. The lowest BCUT2D eigenvalue weighted by atomic mass is 9.94. The molecular formula is C26H30N2O2S. The number of fused-ring (bicyclic) bond motifs is 1. The molecule has 2 fully saturated rings. The molecule has 3 atom stereocenters. The fraction of sp³-hybridized carbons (Fsp3) is 0.385. The van der Waals surface area contributed by atoms with Crippen LogP contribution in [0, 0.1) is 0 Å². The Balaban J connectivity index is 1.32. The fourth-order valence-electron chi connectivity index (χ4n) is 4.25. The largest absolute Gasteiger partial charge is 0.350 e. The Kier molecular flexibility index (Phi) is 7.13. The summed E-state index contributed by atoms with van der Waals surface area (Å²) in [5.74, 6) is -0.0307. The first-order chi connectivity index (χ1) is 15.1. The molecule has 1 aliphatic heterocycles. The van der Waals surface area contributed by atoms with Crippen LogP contribution in [-0.2, 0) is 11.2 Å². The molecule has 4 nitrogen and oxygen atoms in total. The number of thioether (sulfide) groups is 1. The minimum atomic E-state index is -0.0606. The number of benzene rings is 2. The van der Waals surface area contributed by atoms with Gasteiger partial charge < -0.3 is 10.6 Å². The highest BCUT2D eigenvalue weighted by Gasteiger charge is 2.34. The van der Waals surface area contributed by atoms with Crippen molar-refractivity contribution in [2.24, 2.45) is 0 Å². The topological polar surface area (TPSA) is 58.2 Å². The van der Waals surface area contributed by atoms with Crippen molar-refractivity contribution in [3.63, 3.8) is 0 Å². The standard InChI is InChI=1S/C26H30N2O2S/c1-18(11-12-19-7-3-2-4-8-19)27-25(29)21-15-13-20(14-16-21)17-24-26(30)28-22-9-5-6-10-23(22)31-24/h2-4,7-8,13-18,22-23H,5-6,9-12H2,1H3,(H,27,29)(H,28,30)/b24-17+. The highest BCUT2D eigenvalue weighted by molar-refractivity contribution is 8.04. The van der Waals surface area contributed by atoms with Crippen molar-refractivity contribution in [1.82, 2.24) is 10.6 Å². The van der Waals surface area contributed by atoms with Crippen molar-refractivity contribution in [2.45, 2.75) is 62.8 Å². The quantitative estimate of drug-likeness (QED) is 0.632. The summed E-state index contributed by atoms with van der Waals surface area (Å²) in [4.78, 5) is 25.8. The van der Waals surface area contributed by atoms with Crippen molar-refractivity contribution in [2.75, 3.05) is 0 Å². The summed E-state index contributed by atoms with van der Waals surface area (Å²) in [6.45, 7) is 2.04. The van der Waals surface area contributed by atoms with Gasteiger partial charge in [-0.25, -0.2) is 0 Å². The third-order valence-corrected chi connectivity index (χ3v) is 7.50. The van der Waals surface area contributed by atoms with Crippen LogP contribution in [0.15, 0.2) is 59.5 Å². The van der Waals surface area contributed by atoms with E-state index >= 15 is 0 Å². The molecule has 31 heavy (non-hydrogen) atoms. The SMILES string of the molecule is CC(CCc1ccccc1)NC(=O)c1ccc(/C=C2/SC3CCCCC3NC2=O)cc1. The molecule has 0 aromatic heterocycles. The maximum absolute atomic E-state index is 12.6. The van der Waals surface area contributed by atoms with Gasteiger partial charge in [-0.3, -0.25) is 9.59 Å². The second kappa shape index (κ2) is 10.2. The van der Waals surface area contributed by atoms with E-state index in [0.717, 1.165) is 36.2 Å². The smallest absolute Gasteiger partial charge is 0.257 e. The molecule has 1 heterocycles. The molecule has 0 spiro atoms. The van der Waals surface area contributed by atoms with Crippen molar-refractivity contribution >= 4 is 29.7 Å². The summed E-state index contributed by atoms with van der Waals surface area (Å²) in [6.07, 6.45) is 8.47. The molecule has 5 heteroatoms. The van der Waals surface area contributed by atoms with Gasteiger partial charge in [0.1, 0.15) is 0 Å². The third kappa shape index (κ3) is 5.79. The number of hydrogen-bond donors (Lipinski definition) is 2. The average Bonchev–Trinajstić information content (AvgIpc) is 2.79. The summed E-state index contributed by atoms with van der Waals surface area (Å²) in [6, 6.07) is 18.2. The molecule has 2 N–H and O–H groups in total. The lowest BCUT2D eigenvalue weighted by molar-refractivity contribution is -0.117. The van der Waals surface area contributed by atoms with Crippen LogP contribution in [0.4, 0.5) is 0 Å². The molecule has 2 amide bonds. The molecule has 2 aromatic rings. The van der Waals surface area contributed by atoms with E-state index in [0.29, 0.717) is 16.9 Å². The van der Waals surface area contributed by atoms with Crippen molar-refractivity contribution < 1.29 is 9.59 Å². The number of carbonyl (C=O) groups is 2. The van der Waals surface area contributed by atoms with E-state index in [1.807, 2.05) is 55.5 Å². The Bertz CT molecular complexity index is 940. The Hall–Kier alpha value is -2.53. The summed E-state index contributed by atoms with van der Waals surface area (Å²) in [7, 11) is 0. The molecule has 0 radical (unpaired) electrons. The van der Waals surface area contributed by atoms with E-state index in [2.05, 4.69) is 22.8 Å². The van der Waals surface area contributed by atoms with Crippen molar-refractivity contribution in [3.8, 4) is 0 Å². The fourth-order valence-corrected chi connectivity index (χ4v) is 5.60. The van der Waals surface area contributed by atoms with Gasteiger partial charge in [-0.1, -0.05) is 55.3 Å². The maximum Gasteiger partial charge on any atom is 0.257 e. The molecule has 3 unspecified atom stereocenters. The Morgan fingerprint density at radius 1 is 1.13 bits per heavy atom. The van der Waals surface area contributed by atoms with Crippen LogP contribution in [0.3, 0.4) is 0 Å². The molecule has 2 aromatic carbocycles. The van der Waals surface area contributed by atoms with Crippen LogP contribution in [0.5, 0.6) is 0 Å². The van der Waals surface area contributed by atoms with Gasteiger partial charge in [0.05, 0.1) is 4.91 Å².